The van der Waals surface area contributed by atoms with E-state index in [2.05, 4.69) is 10.6 Å². The Hall–Kier alpha value is -1.85. The van der Waals surface area contributed by atoms with E-state index in [1.54, 1.807) is 6.92 Å². The van der Waals surface area contributed by atoms with Crippen LogP contribution in [0.5, 0.6) is 0 Å². The number of likely N-dealkylation sites (N-methyl/N-ethyl adjacent to an activating group) is 1. The molecular weight excluding hydrogens is 307 g/mol. The average molecular weight is 330 g/mol. The molecule has 2 amide bonds. The number of hydrogen-bond acceptors (Lipinski definition) is 4. The van der Waals surface area contributed by atoms with Crippen LogP contribution < -0.4 is 10.6 Å². The Balaban J connectivity index is 0.000000980. The number of rotatable bonds is 5. The van der Waals surface area contributed by atoms with Crippen LogP contribution in [-0.2, 0) is 20.7 Å². The van der Waals surface area contributed by atoms with E-state index < -0.39 is 20.2 Å². The third-order valence-corrected chi connectivity index (χ3v) is 2.29. The molecule has 0 aliphatic heterocycles. The Morgan fingerprint density at radius 3 is 2.36 bits per heavy atom. The van der Waals surface area contributed by atoms with E-state index in [9.17, 15) is 14.2 Å². The lowest BCUT2D eigenvalue weighted by molar-refractivity contribution is -0.122. The summed E-state index contributed by atoms with van der Waals surface area (Å²) < 4.78 is 14.2. The molecule has 0 radical (unpaired) electrons. The highest BCUT2D eigenvalue weighted by Crippen LogP contribution is 2.00. The minimum Gasteiger partial charge on any atom is -0.445 e. The maximum atomic E-state index is 11.4. The summed E-state index contributed by atoms with van der Waals surface area (Å²) in [7, 11) is -2.13. The molecule has 3 N–H and O–H groups in total. The second-order valence-electron chi connectivity index (χ2n) is 4.34. The van der Waals surface area contributed by atoms with Gasteiger partial charge in [-0.25, -0.2) is 4.79 Å². The van der Waals surface area contributed by atoms with Gasteiger partial charge in [-0.1, -0.05) is 30.3 Å². The van der Waals surface area contributed by atoms with Crippen molar-refractivity contribution in [2.24, 2.45) is 0 Å². The Morgan fingerprint density at radius 2 is 1.86 bits per heavy atom. The van der Waals surface area contributed by atoms with Crippen molar-refractivity contribution in [1.82, 2.24) is 10.6 Å². The van der Waals surface area contributed by atoms with Crippen LogP contribution >= 0.6 is 8.03 Å². The second kappa shape index (κ2) is 11.8. The molecule has 0 fully saturated rings. The van der Waals surface area contributed by atoms with Crippen molar-refractivity contribution < 1.29 is 23.8 Å². The van der Waals surface area contributed by atoms with Crippen LogP contribution in [0.4, 0.5) is 4.79 Å². The third kappa shape index (κ3) is 10.9. The maximum absolute atomic E-state index is 11.4. The van der Waals surface area contributed by atoms with E-state index in [1.165, 1.54) is 6.66 Å². The highest BCUT2D eigenvalue weighted by Gasteiger charge is 2.15. The molecule has 7 nitrogen and oxygen atoms in total. The molecular formula is C14H23N2O5P. The first-order valence-electron chi connectivity index (χ1n) is 6.81. The lowest BCUT2D eigenvalue weighted by Crippen LogP contribution is -2.44. The van der Waals surface area contributed by atoms with Crippen LogP contribution in [0, 0.1) is 0 Å². The van der Waals surface area contributed by atoms with Crippen LogP contribution in [-0.4, -0.2) is 36.1 Å². The number of amides is 2. The van der Waals surface area contributed by atoms with Gasteiger partial charge in [0.2, 0.25) is 5.91 Å². The summed E-state index contributed by atoms with van der Waals surface area (Å²) in [5.74, 6) is -0.228. The predicted molar refractivity (Wildman–Crippen MR) is 85.1 cm³/mol. The van der Waals surface area contributed by atoms with E-state index in [4.69, 9.17) is 9.63 Å². The fourth-order valence-corrected chi connectivity index (χ4v) is 1.33. The first-order valence-corrected chi connectivity index (χ1v) is 8.66. The van der Waals surface area contributed by atoms with Crippen molar-refractivity contribution in [2.75, 3.05) is 13.2 Å². The normalized spacial score (nSPS) is 12.2. The van der Waals surface area contributed by atoms with E-state index in [-0.39, 0.29) is 12.5 Å². The van der Waals surface area contributed by atoms with Crippen LogP contribution in [0.25, 0.3) is 0 Å². The molecule has 124 valence electrons. The molecule has 8 heteroatoms. The summed E-state index contributed by atoms with van der Waals surface area (Å²) in [6, 6.07) is 8.75. The van der Waals surface area contributed by atoms with Gasteiger partial charge in [0.1, 0.15) is 12.6 Å². The molecule has 1 aromatic carbocycles. The van der Waals surface area contributed by atoms with Gasteiger partial charge in [-0.2, -0.15) is 0 Å². The van der Waals surface area contributed by atoms with Crippen molar-refractivity contribution >= 4 is 20.0 Å². The predicted octanol–water partition coefficient (Wildman–Crippen LogP) is 1.52. The number of alkyl carbamates (subject to hydrolysis) is 1. The molecule has 0 spiro atoms. The summed E-state index contributed by atoms with van der Waals surface area (Å²) in [6.07, 6.45) is -0.599. The first-order chi connectivity index (χ1) is 10.4. The lowest BCUT2D eigenvalue weighted by Gasteiger charge is -2.13. The van der Waals surface area contributed by atoms with E-state index in [0.717, 1.165) is 5.56 Å². The molecule has 1 aromatic rings. The highest BCUT2D eigenvalue weighted by molar-refractivity contribution is 7.36. The molecule has 1 unspecified atom stereocenters. The van der Waals surface area contributed by atoms with Crippen LogP contribution in [0.3, 0.4) is 0 Å². The molecule has 0 saturated carbocycles. The Morgan fingerprint density at radius 1 is 1.32 bits per heavy atom. The van der Waals surface area contributed by atoms with Crippen molar-refractivity contribution in [2.45, 2.75) is 26.5 Å². The quantitative estimate of drug-likeness (QED) is 0.710. The maximum Gasteiger partial charge on any atom is 0.408 e. The highest BCUT2D eigenvalue weighted by atomic mass is 31.1. The summed E-state index contributed by atoms with van der Waals surface area (Å²) in [4.78, 5) is 30.4. The smallest absolute Gasteiger partial charge is 0.408 e. The minimum atomic E-state index is -2.13. The molecule has 0 heterocycles. The molecule has 0 aromatic heterocycles. The zero-order valence-corrected chi connectivity index (χ0v) is 14.0. The van der Waals surface area contributed by atoms with Gasteiger partial charge in [0.15, 0.2) is 8.03 Å². The number of ether oxygens (including phenoxy) is 1. The molecule has 0 aliphatic rings. The van der Waals surface area contributed by atoms with Crippen molar-refractivity contribution in [3.63, 3.8) is 0 Å². The van der Waals surface area contributed by atoms with Crippen LogP contribution in [0.15, 0.2) is 30.3 Å². The van der Waals surface area contributed by atoms with E-state index in [1.807, 2.05) is 37.3 Å². The lowest BCUT2D eigenvalue weighted by atomic mass is 10.2. The second-order valence-corrected chi connectivity index (χ2v) is 5.38. The Kier molecular flexibility index (Phi) is 10.8. The number of carbonyl (C=O) groups excluding carboxylic acids is 2. The molecule has 1 rings (SSSR count). The van der Waals surface area contributed by atoms with Gasteiger partial charge >= 0.3 is 6.09 Å². The molecule has 2 atom stereocenters. The van der Waals surface area contributed by atoms with Crippen molar-refractivity contribution in [3.05, 3.63) is 35.9 Å². The van der Waals surface area contributed by atoms with Crippen LogP contribution in [0.2, 0.25) is 0 Å². The molecule has 0 aliphatic carbocycles. The van der Waals surface area contributed by atoms with Crippen molar-refractivity contribution in [1.29, 1.82) is 0 Å². The zero-order chi connectivity index (χ0) is 17.0. The summed E-state index contributed by atoms with van der Waals surface area (Å²) in [5, 5.41) is 5.08. The first kappa shape index (κ1) is 20.1. The molecule has 0 bridgehead atoms. The van der Waals surface area contributed by atoms with Crippen molar-refractivity contribution in [3.8, 4) is 0 Å². The molecule has 22 heavy (non-hydrogen) atoms. The van der Waals surface area contributed by atoms with Gasteiger partial charge in [-0.15, -0.1) is 0 Å². The van der Waals surface area contributed by atoms with Gasteiger partial charge in [0.05, 0.1) is 0 Å². The zero-order valence-electron chi connectivity index (χ0n) is 13.0. The fraction of sp³-hybridized carbons (Fsp3) is 0.429. The Bertz CT molecular complexity index is 477. The summed E-state index contributed by atoms with van der Waals surface area (Å²) in [6.45, 7) is 5.41. The van der Waals surface area contributed by atoms with Gasteiger partial charge < -0.3 is 20.3 Å². The number of carbonyl (C=O) groups is 2. The van der Waals surface area contributed by atoms with Gasteiger partial charge in [0, 0.05) is 13.2 Å². The number of benzene rings is 1. The van der Waals surface area contributed by atoms with Gasteiger partial charge in [0.25, 0.3) is 0 Å². The van der Waals surface area contributed by atoms with E-state index >= 15 is 0 Å². The van der Waals surface area contributed by atoms with E-state index in [0.29, 0.717) is 6.54 Å². The topological polar surface area (TPSA) is 105 Å². The molecule has 0 saturated heterocycles. The number of nitrogens with one attached hydrogen (secondary N) is 2. The van der Waals surface area contributed by atoms with Crippen LogP contribution in [0.1, 0.15) is 19.4 Å². The summed E-state index contributed by atoms with van der Waals surface area (Å²) >= 11 is 0. The van der Waals surface area contributed by atoms with Gasteiger partial charge in [-0.3, -0.25) is 9.36 Å². The SMILES string of the molecule is CCNC(=O)[C@H](C)NC(=O)OCc1ccccc1.C[PH](=O)O. The monoisotopic (exact) mass is 330 g/mol. The minimum absolute atomic E-state index is 0.189. The average Bonchev–Trinajstić information content (AvgIpc) is 2.46. The Labute approximate surface area is 130 Å². The third-order valence-electron chi connectivity index (χ3n) is 2.29. The van der Waals surface area contributed by atoms with Gasteiger partial charge in [-0.05, 0) is 19.4 Å². The standard InChI is InChI=1S/C13H18N2O3.CH5O2P/c1-3-14-12(16)10(2)15-13(17)18-9-11-7-5-4-6-8-11;1-4(2)3/h4-8,10H,3,9H2,1-2H3,(H,14,16)(H,15,17);4H,1H3,(H,2,3)/t10-;/m0./s1. The summed E-state index contributed by atoms with van der Waals surface area (Å²) in [5.41, 5.74) is 0.901. The largest absolute Gasteiger partial charge is 0.445 e. The fourth-order valence-electron chi connectivity index (χ4n) is 1.33. The number of hydrogen-bond donors (Lipinski definition) is 3.